The summed E-state index contributed by atoms with van der Waals surface area (Å²) in [6.45, 7) is 5.47. The zero-order valence-corrected chi connectivity index (χ0v) is 6.80. The van der Waals surface area contributed by atoms with Gasteiger partial charge in [-0.25, -0.2) is 0 Å². The minimum Gasteiger partial charge on any atom is -0.393 e. The number of nitrogens with one attached hydrogen (secondary N) is 1. The summed E-state index contributed by atoms with van der Waals surface area (Å²) in [7, 11) is 0. The second-order valence-electron chi connectivity index (χ2n) is 3.62. The van der Waals surface area contributed by atoms with Gasteiger partial charge < -0.3 is 10.4 Å². The van der Waals surface area contributed by atoms with Crippen LogP contribution in [0, 0.1) is 5.92 Å². The Morgan fingerprint density at radius 2 is 2.10 bits per heavy atom. The van der Waals surface area contributed by atoms with E-state index >= 15 is 0 Å². The normalized spacial score (nSPS) is 32.4. The predicted octanol–water partition coefficient (Wildman–Crippen LogP) is 0.755. The largest absolute Gasteiger partial charge is 0.393 e. The fourth-order valence-corrected chi connectivity index (χ4v) is 1.16. The van der Waals surface area contributed by atoms with Gasteiger partial charge in [0, 0.05) is 6.04 Å². The van der Waals surface area contributed by atoms with Gasteiger partial charge in [-0.15, -0.1) is 0 Å². The van der Waals surface area contributed by atoms with Crippen LogP contribution in [0.25, 0.3) is 0 Å². The Labute approximate surface area is 62.6 Å². The maximum atomic E-state index is 8.94. The van der Waals surface area contributed by atoms with E-state index in [0.717, 1.165) is 25.3 Å². The molecule has 0 heterocycles. The third kappa shape index (κ3) is 2.27. The van der Waals surface area contributed by atoms with Crippen LogP contribution in [0.2, 0.25) is 0 Å². The third-order valence-corrected chi connectivity index (χ3v) is 1.93. The Kier molecular flexibility index (Phi) is 2.69. The molecule has 0 aromatic rings. The first kappa shape index (κ1) is 8.02. The molecule has 0 aliphatic heterocycles. The average molecular weight is 143 g/mol. The summed E-state index contributed by atoms with van der Waals surface area (Å²) in [5, 5.41) is 12.3. The lowest BCUT2D eigenvalue weighted by molar-refractivity contribution is 0.0615. The summed E-state index contributed by atoms with van der Waals surface area (Å²) >= 11 is 0. The molecule has 0 aromatic heterocycles. The number of hydrogen-bond acceptors (Lipinski definition) is 2. The minimum atomic E-state index is -0.0235. The van der Waals surface area contributed by atoms with Gasteiger partial charge in [-0.1, -0.05) is 13.8 Å². The number of rotatable bonds is 3. The predicted molar refractivity (Wildman–Crippen MR) is 41.9 cm³/mol. The smallest absolute Gasteiger partial charge is 0.0570 e. The summed E-state index contributed by atoms with van der Waals surface area (Å²) < 4.78 is 0. The molecule has 1 saturated carbocycles. The van der Waals surface area contributed by atoms with Crippen LogP contribution in [-0.4, -0.2) is 23.8 Å². The van der Waals surface area contributed by atoms with E-state index in [9.17, 15) is 0 Å². The van der Waals surface area contributed by atoms with E-state index in [1.54, 1.807) is 0 Å². The number of aliphatic hydroxyl groups excluding tert-OH is 1. The molecule has 0 atom stereocenters. The second kappa shape index (κ2) is 3.35. The highest BCUT2D eigenvalue weighted by Gasteiger charge is 2.26. The molecule has 0 spiro atoms. The van der Waals surface area contributed by atoms with Crippen LogP contribution in [0.1, 0.15) is 26.7 Å². The number of hydrogen-bond donors (Lipinski definition) is 2. The molecular formula is C8H17NO. The van der Waals surface area contributed by atoms with E-state index in [1.807, 2.05) is 0 Å². The van der Waals surface area contributed by atoms with Gasteiger partial charge in [0.15, 0.2) is 0 Å². The summed E-state index contributed by atoms with van der Waals surface area (Å²) in [5.74, 6) is 0.720. The lowest BCUT2D eigenvalue weighted by atomic mass is 9.89. The van der Waals surface area contributed by atoms with Crippen molar-refractivity contribution in [3.05, 3.63) is 0 Å². The summed E-state index contributed by atoms with van der Waals surface area (Å²) in [5.41, 5.74) is 0. The Hall–Kier alpha value is -0.0800. The van der Waals surface area contributed by atoms with Gasteiger partial charge in [0.25, 0.3) is 0 Å². The van der Waals surface area contributed by atoms with Crippen LogP contribution in [0.4, 0.5) is 0 Å². The van der Waals surface area contributed by atoms with E-state index in [0.29, 0.717) is 6.04 Å². The van der Waals surface area contributed by atoms with E-state index in [1.165, 1.54) is 0 Å². The zero-order chi connectivity index (χ0) is 7.56. The van der Waals surface area contributed by atoms with Crippen molar-refractivity contribution in [3.8, 4) is 0 Å². The van der Waals surface area contributed by atoms with Gasteiger partial charge in [-0.2, -0.15) is 0 Å². The third-order valence-electron chi connectivity index (χ3n) is 1.93. The van der Waals surface area contributed by atoms with E-state index in [4.69, 9.17) is 5.11 Å². The van der Waals surface area contributed by atoms with Crippen LogP contribution in [-0.2, 0) is 0 Å². The van der Waals surface area contributed by atoms with Gasteiger partial charge in [0.05, 0.1) is 6.10 Å². The molecule has 2 nitrogen and oxygen atoms in total. The number of aliphatic hydroxyl groups is 1. The fourth-order valence-electron chi connectivity index (χ4n) is 1.16. The van der Waals surface area contributed by atoms with Crippen molar-refractivity contribution < 1.29 is 5.11 Å². The lowest BCUT2D eigenvalue weighted by Gasteiger charge is -2.32. The molecule has 10 heavy (non-hydrogen) atoms. The van der Waals surface area contributed by atoms with E-state index < -0.39 is 0 Å². The fraction of sp³-hybridized carbons (Fsp3) is 1.00. The molecule has 60 valence electrons. The Morgan fingerprint density at radius 3 is 2.50 bits per heavy atom. The maximum absolute atomic E-state index is 8.94. The van der Waals surface area contributed by atoms with Gasteiger partial charge in [-0.3, -0.25) is 0 Å². The molecule has 2 N–H and O–H groups in total. The van der Waals surface area contributed by atoms with E-state index in [2.05, 4.69) is 19.2 Å². The second-order valence-corrected chi connectivity index (χ2v) is 3.62. The first-order valence-electron chi connectivity index (χ1n) is 4.10. The quantitative estimate of drug-likeness (QED) is 0.611. The van der Waals surface area contributed by atoms with Crippen molar-refractivity contribution in [3.63, 3.8) is 0 Å². The van der Waals surface area contributed by atoms with Crippen LogP contribution in [0.3, 0.4) is 0 Å². The highest BCUT2D eigenvalue weighted by Crippen LogP contribution is 2.19. The first-order chi connectivity index (χ1) is 4.68. The maximum Gasteiger partial charge on any atom is 0.0570 e. The van der Waals surface area contributed by atoms with Crippen LogP contribution >= 0.6 is 0 Å². The SMILES string of the molecule is CC(C)CNC1CC(O)C1. The molecular weight excluding hydrogens is 126 g/mol. The minimum absolute atomic E-state index is 0.0235. The summed E-state index contributed by atoms with van der Waals surface area (Å²) in [6.07, 6.45) is 1.88. The Bertz CT molecular complexity index is 97.4. The average Bonchev–Trinajstić information content (AvgIpc) is 1.77. The van der Waals surface area contributed by atoms with Crippen LogP contribution in [0.15, 0.2) is 0 Å². The molecule has 0 radical (unpaired) electrons. The monoisotopic (exact) mass is 143 g/mol. The highest BCUT2D eigenvalue weighted by molar-refractivity contribution is 4.84. The van der Waals surface area contributed by atoms with E-state index in [-0.39, 0.29) is 6.10 Å². The molecule has 0 amide bonds. The molecule has 0 unspecified atom stereocenters. The van der Waals surface area contributed by atoms with Gasteiger partial charge in [0.2, 0.25) is 0 Å². The molecule has 1 aliphatic carbocycles. The van der Waals surface area contributed by atoms with Crippen molar-refractivity contribution in [1.29, 1.82) is 0 Å². The topological polar surface area (TPSA) is 32.3 Å². The molecule has 0 aromatic carbocycles. The standard InChI is InChI=1S/C8H17NO/c1-6(2)5-9-7-3-8(10)4-7/h6-10H,3-5H2,1-2H3. The Morgan fingerprint density at radius 1 is 1.50 bits per heavy atom. The van der Waals surface area contributed by atoms with Gasteiger partial charge in [-0.05, 0) is 25.3 Å². The molecule has 1 fully saturated rings. The molecule has 2 heteroatoms. The van der Waals surface area contributed by atoms with Crippen molar-refractivity contribution in [2.45, 2.75) is 38.8 Å². The van der Waals surface area contributed by atoms with Gasteiger partial charge in [0.1, 0.15) is 0 Å². The highest BCUT2D eigenvalue weighted by atomic mass is 16.3. The summed E-state index contributed by atoms with van der Waals surface area (Å²) in [4.78, 5) is 0. The lowest BCUT2D eigenvalue weighted by Crippen LogP contribution is -2.45. The first-order valence-corrected chi connectivity index (χ1v) is 4.10. The molecule has 1 aliphatic rings. The molecule has 0 bridgehead atoms. The Balaban J connectivity index is 1.95. The molecule has 1 rings (SSSR count). The van der Waals surface area contributed by atoms with Gasteiger partial charge >= 0.3 is 0 Å². The van der Waals surface area contributed by atoms with Crippen molar-refractivity contribution >= 4 is 0 Å². The molecule has 0 saturated heterocycles. The summed E-state index contributed by atoms with van der Waals surface area (Å²) in [6, 6.07) is 0.595. The zero-order valence-electron chi connectivity index (χ0n) is 6.80. The van der Waals surface area contributed by atoms with Crippen LogP contribution < -0.4 is 5.32 Å². The van der Waals surface area contributed by atoms with Crippen LogP contribution in [0.5, 0.6) is 0 Å². The van der Waals surface area contributed by atoms with Crippen molar-refractivity contribution in [2.24, 2.45) is 5.92 Å². The van der Waals surface area contributed by atoms with Crippen molar-refractivity contribution in [2.75, 3.05) is 6.54 Å². The van der Waals surface area contributed by atoms with Crippen molar-refractivity contribution in [1.82, 2.24) is 5.32 Å².